The average molecular weight is 492 g/mol. The van der Waals surface area contributed by atoms with Gasteiger partial charge in [-0.05, 0) is 80.8 Å². The first-order valence-corrected chi connectivity index (χ1v) is 13.5. The van der Waals surface area contributed by atoms with E-state index in [-0.39, 0.29) is 34.6 Å². The lowest BCUT2D eigenvalue weighted by Gasteiger charge is -2.58. The van der Waals surface area contributed by atoms with Gasteiger partial charge in [0, 0.05) is 18.8 Å². The van der Waals surface area contributed by atoms with E-state index in [4.69, 9.17) is 14.3 Å². The highest BCUT2D eigenvalue weighted by atomic mass is 16.7. The van der Waals surface area contributed by atoms with Crippen molar-refractivity contribution < 1.29 is 23.9 Å². The third-order valence-corrected chi connectivity index (χ3v) is 10.6. The molecule has 4 aliphatic carbocycles. The van der Waals surface area contributed by atoms with Crippen LogP contribution in [0.1, 0.15) is 83.0 Å². The molecule has 0 amide bonds. The van der Waals surface area contributed by atoms with E-state index >= 15 is 0 Å². The first-order chi connectivity index (χ1) is 17.2. The average Bonchev–Trinajstić information content (AvgIpc) is 3.54. The SMILES string of the molecule is CC(=O)O/N=C(\C)[C@]12O[C@@H]1C[C@@H]1[C@@H]3CC=C4C[C@H](OC(=O)c5ccccc5)CC[C@]4(C)[C@H]3CC[C@@]12C. The Kier molecular flexibility index (Phi) is 5.49. The molecule has 6 nitrogen and oxygen atoms in total. The van der Waals surface area contributed by atoms with E-state index < -0.39 is 5.97 Å². The number of hydrogen-bond acceptors (Lipinski definition) is 6. The van der Waals surface area contributed by atoms with Gasteiger partial charge in [-0.1, -0.05) is 48.9 Å². The van der Waals surface area contributed by atoms with Crippen molar-refractivity contribution in [2.75, 3.05) is 0 Å². The molecule has 1 saturated heterocycles. The van der Waals surface area contributed by atoms with Gasteiger partial charge in [-0.15, -0.1) is 0 Å². The summed E-state index contributed by atoms with van der Waals surface area (Å²) in [5.41, 5.74) is 2.72. The molecule has 5 aliphatic rings. The summed E-state index contributed by atoms with van der Waals surface area (Å²) in [7, 11) is 0. The van der Waals surface area contributed by atoms with Gasteiger partial charge >= 0.3 is 11.9 Å². The molecule has 0 radical (unpaired) electrons. The van der Waals surface area contributed by atoms with Crippen molar-refractivity contribution in [3.8, 4) is 0 Å². The van der Waals surface area contributed by atoms with E-state index in [9.17, 15) is 9.59 Å². The van der Waals surface area contributed by atoms with Crippen molar-refractivity contribution in [2.24, 2.45) is 33.7 Å². The normalized spacial score (nSPS) is 42.7. The highest BCUT2D eigenvalue weighted by Gasteiger charge is 2.78. The Morgan fingerprint density at radius 3 is 2.58 bits per heavy atom. The van der Waals surface area contributed by atoms with Crippen LogP contribution in [0.25, 0.3) is 0 Å². The van der Waals surface area contributed by atoms with E-state index in [2.05, 4.69) is 25.1 Å². The fourth-order valence-electron chi connectivity index (χ4n) is 8.81. The summed E-state index contributed by atoms with van der Waals surface area (Å²) in [5, 5.41) is 4.18. The van der Waals surface area contributed by atoms with Gasteiger partial charge in [0.2, 0.25) is 0 Å². The number of oxime groups is 1. The number of fused-ring (bicyclic) bond motifs is 7. The highest BCUT2D eigenvalue weighted by molar-refractivity contribution is 5.95. The molecule has 0 aromatic heterocycles. The minimum Gasteiger partial charge on any atom is -0.458 e. The predicted octanol–water partition coefficient (Wildman–Crippen LogP) is 5.86. The van der Waals surface area contributed by atoms with Crippen molar-refractivity contribution in [1.29, 1.82) is 0 Å². The monoisotopic (exact) mass is 491 g/mol. The molecule has 3 saturated carbocycles. The van der Waals surface area contributed by atoms with Gasteiger partial charge in [0.25, 0.3) is 0 Å². The minimum absolute atomic E-state index is 0.0106. The van der Waals surface area contributed by atoms with Crippen molar-refractivity contribution in [1.82, 2.24) is 0 Å². The molecule has 1 aromatic carbocycles. The molecule has 0 bridgehead atoms. The lowest BCUT2D eigenvalue weighted by Crippen LogP contribution is -2.54. The molecule has 1 heterocycles. The zero-order chi connectivity index (χ0) is 25.3. The van der Waals surface area contributed by atoms with Crippen molar-refractivity contribution in [2.45, 2.75) is 90.4 Å². The fourth-order valence-corrected chi connectivity index (χ4v) is 8.81. The summed E-state index contributed by atoms with van der Waals surface area (Å²) in [4.78, 5) is 29.0. The van der Waals surface area contributed by atoms with Crippen molar-refractivity contribution in [3.05, 3.63) is 47.5 Å². The molecular weight excluding hydrogens is 454 g/mol. The third kappa shape index (κ3) is 3.36. The second-order valence-electron chi connectivity index (χ2n) is 12.2. The van der Waals surface area contributed by atoms with E-state index in [0.717, 1.165) is 44.2 Å². The Bertz CT molecular complexity index is 1140. The van der Waals surface area contributed by atoms with Gasteiger partial charge in [0.1, 0.15) is 11.7 Å². The van der Waals surface area contributed by atoms with Gasteiger partial charge in [-0.3, -0.25) is 0 Å². The number of nitrogens with zero attached hydrogens (tertiary/aromatic N) is 1. The van der Waals surface area contributed by atoms with Crippen molar-refractivity contribution in [3.63, 3.8) is 0 Å². The maximum atomic E-state index is 12.7. The molecule has 8 atom stereocenters. The molecule has 1 aliphatic heterocycles. The number of allylic oxidation sites excluding steroid dienone is 1. The first-order valence-electron chi connectivity index (χ1n) is 13.5. The largest absolute Gasteiger partial charge is 0.458 e. The molecule has 4 fully saturated rings. The van der Waals surface area contributed by atoms with Crippen LogP contribution in [-0.4, -0.2) is 35.5 Å². The second kappa shape index (κ2) is 8.27. The maximum Gasteiger partial charge on any atom is 0.338 e. The van der Waals surface area contributed by atoms with E-state index in [1.54, 1.807) is 0 Å². The van der Waals surface area contributed by atoms with Crippen LogP contribution in [0.5, 0.6) is 0 Å². The molecule has 192 valence electrons. The molecule has 0 unspecified atom stereocenters. The topological polar surface area (TPSA) is 77.5 Å². The van der Waals surface area contributed by atoms with E-state index in [1.165, 1.54) is 18.9 Å². The predicted molar refractivity (Wildman–Crippen MR) is 135 cm³/mol. The Balaban J connectivity index is 1.20. The molecule has 6 rings (SSSR count). The van der Waals surface area contributed by atoms with Gasteiger partial charge in [-0.2, -0.15) is 0 Å². The Hall–Kier alpha value is -2.47. The Morgan fingerprint density at radius 1 is 1.06 bits per heavy atom. The fraction of sp³-hybridized carbons (Fsp3) is 0.633. The molecule has 0 spiro atoms. The number of carbonyl (C=O) groups excluding carboxylic acids is 2. The minimum atomic E-state index is -0.394. The summed E-state index contributed by atoms with van der Waals surface area (Å²) in [5.74, 6) is 1.22. The van der Waals surface area contributed by atoms with Crippen LogP contribution in [-0.2, 0) is 19.1 Å². The number of hydrogen-bond donors (Lipinski definition) is 0. The Labute approximate surface area is 213 Å². The molecule has 6 heteroatoms. The smallest absolute Gasteiger partial charge is 0.338 e. The summed E-state index contributed by atoms with van der Waals surface area (Å²) >= 11 is 0. The van der Waals surface area contributed by atoms with Crippen molar-refractivity contribution >= 4 is 17.7 Å². The maximum absolute atomic E-state index is 12.7. The van der Waals surface area contributed by atoms with E-state index in [1.807, 2.05) is 37.3 Å². The summed E-state index contributed by atoms with van der Waals surface area (Å²) in [6, 6.07) is 9.30. The molecule has 36 heavy (non-hydrogen) atoms. The van der Waals surface area contributed by atoms with Crippen LogP contribution in [0, 0.1) is 28.6 Å². The van der Waals surface area contributed by atoms with E-state index in [0.29, 0.717) is 23.3 Å². The van der Waals surface area contributed by atoms with Gasteiger partial charge in [0.15, 0.2) is 0 Å². The molecular formula is C30H37NO5. The van der Waals surface area contributed by atoms with Gasteiger partial charge < -0.3 is 14.3 Å². The van der Waals surface area contributed by atoms with Gasteiger partial charge in [0.05, 0.1) is 17.4 Å². The number of ether oxygens (including phenoxy) is 2. The molecule has 1 aromatic rings. The molecule has 0 N–H and O–H groups in total. The lowest BCUT2D eigenvalue weighted by atomic mass is 9.47. The highest BCUT2D eigenvalue weighted by Crippen LogP contribution is 2.73. The summed E-state index contributed by atoms with van der Waals surface area (Å²) in [6.45, 7) is 8.19. The number of esters is 1. The zero-order valence-corrected chi connectivity index (χ0v) is 21.8. The number of rotatable bonds is 4. The van der Waals surface area contributed by atoms with Gasteiger partial charge in [-0.25, -0.2) is 9.59 Å². The zero-order valence-electron chi connectivity index (χ0n) is 21.8. The standard InChI is InChI=1S/C30H37NO5/c1-18(31-36-19(2)32)30-26(35-30)17-25-23-11-10-21-16-22(34-27(33)20-8-6-5-7-9-20)12-14-28(21,3)24(23)13-15-29(25,30)4/h5-10,22-26H,11-17H2,1-4H3/b31-18+/t22-,23-,24+,25-,26-,28+,29+,30+/m1/s1. The Morgan fingerprint density at radius 2 is 1.83 bits per heavy atom. The summed E-state index contributed by atoms with van der Waals surface area (Å²) < 4.78 is 12.3. The summed E-state index contributed by atoms with van der Waals surface area (Å²) in [6.07, 6.45) is 9.84. The number of epoxide rings is 1. The lowest BCUT2D eigenvalue weighted by molar-refractivity contribution is -0.141. The first kappa shape index (κ1) is 23.9. The van der Waals surface area contributed by atoms with Crippen LogP contribution < -0.4 is 0 Å². The number of carbonyl (C=O) groups is 2. The van der Waals surface area contributed by atoms with Crippen LogP contribution >= 0.6 is 0 Å². The third-order valence-electron chi connectivity index (χ3n) is 10.6. The second-order valence-corrected chi connectivity index (χ2v) is 12.2. The van der Waals surface area contributed by atoms with Crippen LogP contribution in [0.4, 0.5) is 0 Å². The van der Waals surface area contributed by atoms with Crippen LogP contribution in [0.15, 0.2) is 47.1 Å². The van der Waals surface area contributed by atoms with Crippen LogP contribution in [0.2, 0.25) is 0 Å². The quantitative estimate of drug-likeness (QED) is 0.132. The van der Waals surface area contributed by atoms with Crippen LogP contribution in [0.3, 0.4) is 0 Å². The number of benzene rings is 1.